The summed E-state index contributed by atoms with van der Waals surface area (Å²) in [5, 5.41) is 0. The third kappa shape index (κ3) is 2.67. The van der Waals surface area contributed by atoms with E-state index in [1.165, 1.54) is 12.0 Å². The molecule has 132 valence electrons. The summed E-state index contributed by atoms with van der Waals surface area (Å²) in [6.45, 7) is 0. The van der Waals surface area contributed by atoms with Crippen LogP contribution in [-0.4, -0.2) is 57.7 Å². The van der Waals surface area contributed by atoms with Gasteiger partial charge in [0.1, 0.15) is 0 Å². The number of rotatable bonds is 3. The van der Waals surface area contributed by atoms with E-state index in [1.807, 2.05) is 4.90 Å². The first-order chi connectivity index (χ1) is 12.1. The van der Waals surface area contributed by atoms with E-state index in [2.05, 4.69) is 4.98 Å². The summed E-state index contributed by atoms with van der Waals surface area (Å²) in [6.07, 6.45) is 5.40. The molecule has 7 heteroatoms. The Labute approximate surface area is 145 Å². The molecule has 3 aliphatic heterocycles. The van der Waals surface area contributed by atoms with Crippen molar-refractivity contribution in [2.45, 2.75) is 56.7 Å². The molecule has 4 heterocycles. The van der Waals surface area contributed by atoms with Crippen LogP contribution in [0.1, 0.15) is 48.9 Å². The van der Waals surface area contributed by atoms with E-state index >= 15 is 0 Å². The van der Waals surface area contributed by atoms with Gasteiger partial charge in [-0.2, -0.15) is 0 Å². The average Bonchev–Trinajstić information content (AvgIpc) is 3.10. The number of amides is 3. The van der Waals surface area contributed by atoms with Gasteiger partial charge in [-0.25, -0.2) is 4.98 Å². The Bertz CT molecular complexity index is 688. The van der Waals surface area contributed by atoms with E-state index < -0.39 is 0 Å². The number of carbonyl (C=O) groups is 3. The molecule has 0 aromatic carbocycles. The van der Waals surface area contributed by atoms with E-state index in [0.29, 0.717) is 37.1 Å². The van der Waals surface area contributed by atoms with Gasteiger partial charge in [-0.1, -0.05) is 0 Å². The number of fused-ring (bicyclic) bond motifs is 2. The fraction of sp³-hybridized carbons (Fsp3) is 0.556. The van der Waals surface area contributed by atoms with Crippen LogP contribution in [0.3, 0.4) is 0 Å². The lowest BCUT2D eigenvalue weighted by Gasteiger charge is -2.41. The second-order valence-electron chi connectivity index (χ2n) is 6.97. The van der Waals surface area contributed by atoms with Crippen LogP contribution in [0.2, 0.25) is 0 Å². The van der Waals surface area contributed by atoms with Crippen LogP contribution in [0.15, 0.2) is 18.3 Å². The number of hydrogen-bond acceptors (Lipinski definition) is 5. The molecule has 0 N–H and O–H groups in total. The molecule has 0 saturated carbocycles. The molecule has 3 aliphatic rings. The van der Waals surface area contributed by atoms with Crippen molar-refractivity contribution in [3.63, 3.8) is 0 Å². The van der Waals surface area contributed by atoms with E-state index in [9.17, 15) is 14.4 Å². The molecule has 0 spiro atoms. The van der Waals surface area contributed by atoms with E-state index in [4.69, 9.17) is 4.74 Å². The zero-order valence-electron chi connectivity index (χ0n) is 14.2. The first-order valence-corrected chi connectivity index (χ1v) is 8.76. The Morgan fingerprint density at radius 3 is 2.24 bits per heavy atom. The van der Waals surface area contributed by atoms with Gasteiger partial charge in [0.25, 0.3) is 5.91 Å². The van der Waals surface area contributed by atoms with Crippen molar-refractivity contribution in [1.82, 2.24) is 14.8 Å². The van der Waals surface area contributed by atoms with Crippen LogP contribution in [-0.2, 0) is 9.59 Å². The summed E-state index contributed by atoms with van der Waals surface area (Å²) in [7, 11) is 1.54. The second kappa shape index (κ2) is 6.13. The molecule has 1 aromatic rings. The number of likely N-dealkylation sites (tertiary alicyclic amines) is 1. The Kier molecular flexibility index (Phi) is 3.94. The largest absolute Gasteiger partial charge is 0.481 e. The number of methoxy groups -OCH3 is 1. The average molecular weight is 343 g/mol. The van der Waals surface area contributed by atoms with Crippen molar-refractivity contribution in [1.29, 1.82) is 0 Å². The summed E-state index contributed by atoms with van der Waals surface area (Å²) in [5.41, 5.74) is 0.546. The molecule has 2 atom stereocenters. The van der Waals surface area contributed by atoms with Crippen molar-refractivity contribution in [3.05, 3.63) is 23.9 Å². The van der Waals surface area contributed by atoms with Crippen molar-refractivity contribution in [2.24, 2.45) is 0 Å². The number of piperidine rings is 1. The zero-order valence-corrected chi connectivity index (χ0v) is 14.2. The minimum absolute atomic E-state index is 0.0276. The number of hydrogen-bond donors (Lipinski definition) is 0. The molecule has 7 nitrogen and oxygen atoms in total. The lowest BCUT2D eigenvalue weighted by atomic mass is 9.95. The number of pyridine rings is 1. The quantitative estimate of drug-likeness (QED) is 0.775. The van der Waals surface area contributed by atoms with Crippen molar-refractivity contribution in [3.8, 4) is 5.88 Å². The van der Waals surface area contributed by atoms with Crippen LogP contribution in [0.4, 0.5) is 0 Å². The van der Waals surface area contributed by atoms with E-state index in [-0.39, 0.29) is 35.8 Å². The van der Waals surface area contributed by atoms with E-state index in [1.54, 1.807) is 18.3 Å². The first kappa shape index (κ1) is 16.1. The third-order valence-corrected chi connectivity index (χ3v) is 5.59. The highest BCUT2D eigenvalue weighted by Crippen LogP contribution is 2.39. The Balaban J connectivity index is 1.51. The lowest BCUT2D eigenvalue weighted by molar-refractivity contribution is -0.142. The number of imide groups is 1. The fourth-order valence-electron chi connectivity index (χ4n) is 4.47. The lowest BCUT2D eigenvalue weighted by Crippen LogP contribution is -2.53. The van der Waals surface area contributed by atoms with Crippen molar-refractivity contribution < 1.29 is 19.1 Å². The smallest absolute Gasteiger partial charge is 0.255 e. The highest BCUT2D eigenvalue weighted by atomic mass is 16.5. The van der Waals surface area contributed by atoms with Crippen LogP contribution in [0.5, 0.6) is 5.88 Å². The first-order valence-electron chi connectivity index (χ1n) is 8.76. The minimum atomic E-state index is -0.0615. The maximum absolute atomic E-state index is 12.9. The molecule has 3 fully saturated rings. The second-order valence-corrected chi connectivity index (χ2v) is 6.97. The highest BCUT2D eigenvalue weighted by molar-refractivity contribution is 6.02. The highest BCUT2D eigenvalue weighted by Gasteiger charge is 2.47. The Morgan fingerprint density at radius 1 is 1.08 bits per heavy atom. The molecule has 0 aliphatic carbocycles. The van der Waals surface area contributed by atoms with Gasteiger partial charge < -0.3 is 9.64 Å². The predicted molar refractivity (Wildman–Crippen MR) is 87.9 cm³/mol. The topological polar surface area (TPSA) is 79.8 Å². The normalized spacial score (nSPS) is 28.6. The summed E-state index contributed by atoms with van der Waals surface area (Å²) in [4.78, 5) is 44.5. The van der Waals surface area contributed by atoms with Gasteiger partial charge in [0, 0.05) is 43.2 Å². The molecule has 4 rings (SSSR count). The van der Waals surface area contributed by atoms with Gasteiger partial charge in [0.05, 0.1) is 12.7 Å². The molecule has 3 saturated heterocycles. The Hall–Kier alpha value is -2.44. The van der Waals surface area contributed by atoms with Gasteiger partial charge in [0.15, 0.2) is 0 Å². The molecule has 2 unspecified atom stereocenters. The standard InChI is InChI=1S/C18H21N3O4/c1-25-15-5-2-11(10-19-15)18(24)20-12-3-4-13(20)9-14(8-12)21-16(22)6-7-17(21)23/h2,5,10,12-14H,3-4,6-9H2,1H3. The number of nitrogens with zero attached hydrogens (tertiary/aromatic N) is 3. The number of carbonyl (C=O) groups excluding carboxylic acids is 3. The van der Waals surface area contributed by atoms with Gasteiger partial charge in [-0.3, -0.25) is 19.3 Å². The number of aromatic nitrogens is 1. The van der Waals surface area contributed by atoms with Crippen molar-refractivity contribution in [2.75, 3.05) is 7.11 Å². The fourth-order valence-corrected chi connectivity index (χ4v) is 4.47. The van der Waals surface area contributed by atoms with Gasteiger partial charge in [-0.05, 0) is 31.7 Å². The molecule has 3 amide bonds. The monoisotopic (exact) mass is 343 g/mol. The van der Waals surface area contributed by atoms with Crippen LogP contribution in [0.25, 0.3) is 0 Å². The zero-order chi connectivity index (χ0) is 17.6. The third-order valence-electron chi connectivity index (χ3n) is 5.59. The van der Waals surface area contributed by atoms with Crippen LogP contribution in [0, 0.1) is 0 Å². The molecule has 1 aromatic heterocycles. The Morgan fingerprint density at radius 2 is 1.72 bits per heavy atom. The SMILES string of the molecule is COc1ccc(C(=O)N2C3CCC2CC(N2C(=O)CCC2=O)C3)cn1. The molecule has 0 radical (unpaired) electrons. The maximum Gasteiger partial charge on any atom is 0.255 e. The minimum Gasteiger partial charge on any atom is -0.481 e. The van der Waals surface area contributed by atoms with Gasteiger partial charge in [-0.15, -0.1) is 0 Å². The molecular formula is C18H21N3O4. The number of ether oxygens (including phenoxy) is 1. The molecule has 25 heavy (non-hydrogen) atoms. The van der Waals surface area contributed by atoms with E-state index in [0.717, 1.165) is 12.8 Å². The van der Waals surface area contributed by atoms with Gasteiger partial charge >= 0.3 is 0 Å². The van der Waals surface area contributed by atoms with Crippen LogP contribution >= 0.6 is 0 Å². The van der Waals surface area contributed by atoms with Crippen molar-refractivity contribution >= 4 is 17.7 Å². The summed E-state index contributed by atoms with van der Waals surface area (Å²) in [6, 6.07) is 3.52. The summed E-state index contributed by atoms with van der Waals surface area (Å²) in [5.74, 6) is 0.325. The summed E-state index contributed by atoms with van der Waals surface area (Å²) < 4.78 is 5.03. The van der Waals surface area contributed by atoms with Crippen LogP contribution < -0.4 is 4.74 Å². The van der Waals surface area contributed by atoms with Gasteiger partial charge in [0.2, 0.25) is 17.7 Å². The summed E-state index contributed by atoms with van der Waals surface area (Å²) >= 11 is 0. The maximum atomic E-state index is 12.9. The molecule has 2 bridgehead atoms. The predicted octanol–water partition coefficient (Wildman–Crippen LogP) is 1.37. The molecular weight excluding hydrogens is 322 g/mol.